The molecule has 0 fully saturated rings. The van der Waals surface area contributed by atoms with Crippen molar-refractivity contribution in [3.8, 4) is 0 Å². The van der Waals surface area contributed by atoms with Gasteiger partial charge in [0.2, 0.25) is 0 Å². The molecule has 0 bridgehead atoms. The molecule has 7 aromatic carbocycles. The number of carbonyl (C=O) groups is 14. The van der Waals surface area contributed by atoms with Crippen LogP contribution in [0, 0.1) is 20.8 Å². The Balaban J connectivity index is 0.000000683. The van der Waals surface area contributed by atoms with E-state index in [1.807, 2.05) is 99.6 Å². The summed E-state index contributed by atoms with van der Waals surface area (Å²) >= 11 is 33.2. The normalized spacial score (nSPS) is 12.1. The number of rotatable bonds is 21. The Bertz CT molecular complexity index is 4240. The highest BCUT2D eigenvalue weighted by molar-refractivity contribution is 9.10. The van der Waals surface area contributed by atoms with Crippen LogP contribution >= 0.6 is 145 Å². The summed E-state index contributed by atoms with van der Waals surface area (Å²) in [5.41, 5.74) is 9.72. The summed E-state index contributed by atoms with van der Waals surface area (Å²) in [6, 6.07) is 46.6. The zero-order valence-electron chi connectivity index (χ0n) is 67.9. The zero-order chi connectivity index (χ0) is 89.1. The first-order chi connectivity index (χ1) is 54.8. The fraction of sp³-hybridized carbons (Fsp3) is 0.333. The molecule has 0 amide bonds. The van der Waals surface area contributed by atoms with E-state index < -0.39 is 78.5 Å². The van der Waals surface area contributed by atoms with Crippen molar-refractivity contribution >= 4 is 222 Å². The molecular weight excluding hydrogens is 1790 g/mol. The highest BCUT2D eigenvalue weighted by Gasteiger charge is 2.31. The van der Waals surface area contributed by atoms with Crippen LogP contribution in [-0.4, -0.2) is 127 Å². The minimum absolute atomic E-state index is 0.0625. The number of carbonyl (C=O) groups excluding carboxylic acids is 14. The third kappa shape index (κ3) is 41.4. The molecule has 0 aromatic heterocycles. The van der Waals surface area contributed by atoms with Crippen LogP contribution < -0.4 is 0 Å². The van der Waals surface area contributed by atoms with Crippen molar-refractivity contribution in [3.63, 3.8) is 0 Å². The fourth-order valence-electron chi connectivity index (χ4n) is 9.12. The second kappa shape index (κ2) is 56.2. The standard InChI is InChI=1S/C15H20O3S.C13H16O3S.C12H14O3S.C11H11BrO3S.C11H10Cl2O3S.2C11H11ClO3S/c1-10(16)19-13(14(17)18-5)11-6-8-12(9-7-11)15(2,3)4;1-8-5-6-11(7-9(8)2)12(13(15)16-4)17-10(3)14;1-8-4-6-10(7-5-8)11(12(14)15-3)16-9(2)13;1-7(13)16-10(11(14)15-2)8-3-5-9(12)6-4-8;1-6(14)17-10(11(15)16-2)7-3-4-8(12)9(13)5-7;1-7(13)16-10(11(14)15-2)8-3-5-9(12)6-4-8;1-7(13)16-10(11(14)15-2)8-4-3-5-9(12)6-8/h6-9,13H,1-5H3;5-7,12H,1-4H3;4-7,11H,1-3H3;3-6,10H,1-2H3;3-5,10H,1-2H3;2*3-6,10H,1-2H3. The predicted molar refractivity (Wildman–Crippen MR) is 477 cm³/mol. The SMILES string of the molecule is COC(=O)C(SC(C)=O)c1ccc(Br)cc1.COC(=O)C(SC(C)=O)c1ccc(C(C)(C)C)cc1.COC(=O)C(SC(C)=O)c1ccc(C)c(C)c1.COC(=O)C(SC(C)=O)c1ccc(C)cc1.COC(=O)C(SC(C)=O)c1ccc(Cl)c(Cl)c1.COC(=O)C(SC(C)=O)c1ccc(Cl)cc1.COC(=O)C(SC(C)=O)c1cccc(Cl)c1. The van der Waals surface area contributed by atoms with Crippen molar-refractivity contribution in [2.45, 2.75) is 132 Å². The molecule has 21 nitrogen and oxygen atoms in total. The molecule has 0 aliphatic heterocycles. The summed E-state index contributed by atoms with van der Waals surface area (Å²) in [5.74, 6) is -3.00. The molecule has 0 saturated carbocycles. The van der Waals surface area contributed by atoms with Gasteiger partial charge >= 0.3 is 41.8 Å². The van der Waals surface area contributed by atoms with Crippen molar-refractivity contribution in [1.82, 2.24) is 0 Å². The number of thioether (sulfide) groups is 7. The van der Waals surface area contributed by atoms with Crippen LogP contribution in [0.4, 0.5) is 0 Å². The molecule has 0 aliphatic carbocycles. The molecule has 7 atom stereocenters. The quantitative estimate of drug-likeness (QED) is 0.0477. The maximum absolute atomic E-state index is 11.7. The topological polar surface area (TPSA) is 304 Å². The van der Waals surface area contributed by atoms with Gasteiger partial charge in [0.05, 0.1) is 59.8 Å². The molecule has 632 valence electrons. The van der Waals surface area contributed by atoms with Crippen molar-refractivity contribution in [2.75, 3.05) is 49.8 Å². The van der Waals surface area contributed by atoms with E-state index in [0.29, 0.717) is 36.8 Å². The molecule has 117 heavy (non-hydrogen) atoms. The third-order valence-corrected chi connectivity index (χ3v) is 23.9. The van der Waals surface area contributed by atoms with E-state index in [2.05, 4.69) is 60.4 Å². The van der Waals surface area contributed by atoms with Crippen LogP contribution in [0.5, 0.6) is 0 Å². The molecule has 0 heterocycles. The monoisotopic (exact) mass is 1880 g/mol. The molecule has 0 saturated heterocycles. The smallest absolute Gasteiger partial charge is 0.323 e. The van der Waals surface area contributed by atoms with Crippen LogP contribution in [0.25, 0.3) is 0 Å². The molecule has 0 aliphatic rings. The Morgan fingerprint density at radius 1 is 0.291 bits per heavy atom. The Kier molecular flexibility index (Phi) is 51.7. The number of aryl methyl sites for hydroxylation is 3. The van der Waals surface area contributed by atoms with Crippen molar-refractivity contribution < 1.29 is 100 Å². The number of benzene rings is 7. The number of ether oxygens (including phenoxy) is 7. The Labute approximate surface area is 741 Å². The largest absolute Gasteiger partial charge is 0.468 e. The molecule has 7 aromatic rings. The summed E-state index contributed by atoms with van der Waals surface area (Å²) in [7, 11) is 9.16. The highest BCUT2D eigenvalue weighted by atomic mass is 79.9. The van der Waals surface area contributed by atoms with Crippen LogP contribution in [-0.2, 0) is 106 Å². The number of hydrogen-bond donors (Lipinski definition) is 0. The van der Waals surface area contributed by atoms with E-state index >= 15 is 0 Å². The summed E-state index contributed by atoms with van der Waals surface area (Å²) in [5, 5.41) is -3.33. The third-order valence-electron chi connectivity index (χ3n) is 14.9. The van der Waals surface area contributed by atoms with Crippen molar-refractivity contribution in [3.05, 3.63) is 243 Å². The van der Waals surface area contributed by atoms with E-state index in [9.17, 15) is 67.1 Å². The maximum atomic E-state index is 11.7. The molecule has 0 spiro atoms. The lowest BCUT2D eigenvalue weighted by Gasteiger charge is -2.20. The lowest BCUT2D eigenvalue weighted by Crippen LogP contribution is -2.14. The summed E-state index contributed by atoms with van der Waals surface area (Å²) in [6.07, 6.45) is 0. The van der Waals surface area contributed by atoms with Gasteiger partial charge in [-0.15, -0.1) is 0 Å². The first kappa shape index (κ1) is 108. The number of methoxy groups -OCH3 is 7. The van der Waals surface area contributed by atoms with Gasteiger partial charge in [-0.1, -0.05) is 280 Å². The van der Waals surface area contributed by atoms with E-state index in [-0.39, 0.29) is 41.2 Å². The number of halogens is 5. The van der Waals surface area contributed by atoms with Crippen molar-refractivity contribution in [2.24, 2.45) is 0 Å². The average Bonchev–Trinajstić information content (AvgIpc) is 0.836. The minimum atomic E-state index is -0.715. The van der Waals surface area contributed by atoms with Gasteiger partial charge in [0.15, 0.2) is 35.8 Å². The van der Waals surface area contributed by atoms with Gasteiger partial charge in [-0.05, 0) is 130 Å². The van der Waals surface area contributed by atoms with Crippen LogP contribution in [0.2, 0.25) is 20.1 Å². The first-order valence-electron chi connectivity index (χ1n) is 34.5. The number of esters is 7. The Morgan fingerprint density at radius 2 is 0.547 bits per heavy atom. The van der Waals surface area contributed by atoms with Gasteiger partial charge in [-0.25, -0.2) is 0 Å². The zero-order valence-corrected chi connectivity index (χ0v) is 78.2. The fourth-order valence-corrected chi connectivity index (χ4v) is 15.7. The second-order valence-corrected chi connectivity index (χ2v) is 36.6. The van der Waals surface area contributed by atoms with Crippen molar-refractivity contribution in [1.29, 1.82) is 0 Å². The van der Waals surface area contributed by atoms with Crippen LogP contribution in [0.3, 0.4) is 0 Å². The van der Waals surface area contributed by atoms with Crippen LogP contribution in [0.1, 0.15) is 167 Å². The van der Waals surface area contributed by atoms with Gasteiger partial charge < -0.3 is 33.2 Å². The van der Waals surface area contributed by atoms with Gasteiger partial charge in [-0.3, -0.25) is 67.1 Å². The number of hydrogen-bond acceptors (Lipinski definition) is 28. The lowest BCUT2D eigenvalue weighted by molar-refractivity contribution is -0.141. The van der Waals surface area contributed by atoms with Crippen LogP contribution in [0.15, 0.2) is 162 Å². The van der Waals surface area contributed by atoms with E-state index in [1.54, 1.807) is 78.9 Å². The Morgan fingerprint density at radius 3 is 0.821 bits per heavy atom. The van der Waals surface area contributed by atoms with E-state index in [4.69, 9.17) is 55.9 Å². The minimum Gasteiger partial charge on any atom is -0.468 e. The summed E-state index contributed by atoms with van der Waals surface area (Å²) in [6.45, 7) is 22.3. The van der Waals surface area contributed by atoms with E-state index in [1.165, 1.54) is 104 Å². The molecule has 7 rings (SSSR count). The van der Waals surface area contributed by atoms with Gasteiger partial charge in [-0.2, -0.15) is 0 Å². The van der Waals surface area contributed by atoms with Gasteiger partial charge in [0, 0.05) is 63.0 Å². The predicted octanol–water partition coefficient (Wildman–Crippen LogP) is 20.9. The summed E-state index contributed by atoms with van der Waals surface area (Å²) in [4.78, 5) is 159. The molecular formula is C84H93BrCl4O21S7. The molecule has 7 unspecified atom stereocenters. The van der Waals surface area contributed by atoms with E-state index in [0.717, 1.165) is 126 Å². The van der Waals surface area contributed by atoms with Gasteiger partial charge in [0.1, 0.15) is 36.7 Å². The Hall–Kier alpha value is -7.39. The molecule has 0 radical (unpaired) electrons. The molecule has 33 heteroatoms. The first-order valence-corrected chi connectivity index (χ1v) is 43.0. The summed E-state index contributed by atoms with van der Waals surface area (Å²) < 4.78 is 33.7. The maximum Gasteiger partial charge on any atom is 0.323 e. The van der Waals surface area contributed by atoms with Gasteiger partial charge in [0.25, 0.3) is 0 Å². The lowest BCUT2D eigenvalue weighted by atomic mass is 9.86. The average molecular weight is 1880 g/mol. The molecule has 0 N–H and O–H groups in total. The second-order valence-electron chi connectivity index (χ2n) is 25.0. The highest BCUT2D eigenvalue weighted by Crippen LogP contribution is 2.39.